The summed E-state index contributed by atoms with van der Waals surface area (Å²) in [6, 6.07) is 0. The van der Waals surface area contributed by atoms with E-state index in [4.69, 9.17) is 5.73 Å². The van der Waals surface area contributed by atoms with Gasteiger partial charge in [-0.2, -0.15) is 0 Å². The zero-order valence-corrected chi connectivity index (χ0v) is 8.60. The first kappa shape index (κ1) is 10.5. The van der Waals surface area contributed by atoms with Crippen LogP contribution < -0.4 is 5.73 Å². The second-order valence-corrected chi connectivity index (χ2v) is 4.43. The highest BCUT2D eigenvalue weighted by molar-refractivity contribution is 5.91. The molecule has 0 aromatic rings. The van der Waals surface area contributed by atoms with Crippen LogP contribution in [0.15, 0.2) is 11.6 Å². The van der Waals surface area contributed by atoms with Gasteiger partial charge in [0.15, 0.2) is 5.78 Å². The van der Waals surface area contributed by atoms with Crippen molar-refractivity contribution in [2.45, 2.75) is 51.5 Å². The summed E-state index contributed by atoms with van der Waals surface area (Å²) in [6.07, 6.45) is 6.60. The van der Waals surface area contributed by atoms with E-state index in [2.05, 4.69) is 0 Å². The number of hydrogen-bond acceptors (Lipinski definition) is 2. The Morgan fingerprint density at radius 1 is 1.38 bits per heavy atom. The Bertz CT molecular complexity index is 220. The molecule has 1 saturated carbocycles. The molecule has 0 saturated heterocycles. The molecule has 0 heterocycles. The molecule has 1 rings (SSSR count). The molecule has 2 heteroatoms. The lowest BCUT2D eigenvalue weighted by molar-refractivity contribution is -0.115. The number of carbonyl (C=O) groups excluding carboxylic acids is 1. The molecule has 2 nitrogen and oxygen atoms in total. The monoisotopic (exact) mass is 181 g/mol. The molecule has 0 bridgehead atoms. The molecule has 0 amide bonds. The Kier molecular flexibility index (Phi) is 3.26. The quantitative estimate of drug-likeness (QED) is 0.678. The van der Waals surface area contributed by atoms with Crippen molar-refractivity contribution in [2.75, 3.05) is 0 Å². The largest absolute Gasteiger partial charge is 0.325 e. The molecule has 0 aromatic heterocycles. The highest BCUT2D eigenvalue weighted by Crippen LogP contribution is 2.30. The molecule has 0 aliphatic heterocycles. The molecule has 1 fully saturated rings. The van der Waals surface area contributed by atoms with Crippen LogP contribution in [0.1, 0.15) is 46.0 Å². The third-order valence-electron chi connectivity index (χ3n) is 2.58. The van der Waals surface area contributed by atoms with E-state index in [1.807, 2.05) is 13.8 Å². The van der Waals surface area contributed by atoms with Gasteiger partial charge in [-0.05, 0) is 32.8 Å². The van der Waals surface area contributed by atoms with E-state index in [-0.39, 0.29) is 11.3 Å². The minimum absolute atomic E-state index is 0.185. The van der Waals surface area contributed by atoms with Crippen LogP contribution in [-0.4, -0.2) is 11.3 Å². The average Bonchev–Trinajstić information content (AvgIpc) is 2.33. The van der Waals surface area contributed by atoms with Gasteiger partial charge < -0.3 is 5.73 Å². The number of allylic oxidation sites excluding steroid dienone is 2. The van der Waals surface area contributed by atoms with E-state index >= 15 is 0 Å². The Hall–Kier alpha value is -0.630. The van der Waals surface area contributed by atoms with E-state index in [1.54, 1.807) is 6.08 Å². The van der Waals surface area contributed by atoms with Crippen molar-refractivity contribution in [3.05, 3.63) is 11.6 Å². The molecule has 0 radical (unpaired) electrons. The molecule has 0 atom stereocenters. The van der Waals surface area contributed by atoms with Crippen LogP contribution in [-0.2, 0) is 4.79 Å². The number of carbonyl (C=O) groups is 1. The smallest absolute Gasteiger partial charge is 0.157 e. The Balaban J connectivity index is 2.48. The zero-order valence-electron chi connectivity index (χ0n) is 8.60. The molecule has 13 heavy (non-hydrogen) atoms. The van der Waals surface area contributed by atoms with Crippen molar-refractivity contribution in [1.82, 2.24) is 0 Å². The van der Waals surface area contributed by atoms with Crippen molar-refractivity contribution < 1.29 is 4.79 Å². The van der Waals surface area contributed by atoms with E-state index in [0.29, 0.717) is 6.42 Å². The summed E-state index contributed by atoms with van der Waals surface area (Å²) in [5.41, 5.74) is 6.96. The lowest BCUT2D eigenvalue weighted by Gasteiger charge is -2.21. The van der Waals surface area contributed by atoms with Crippen molar-refractivity contribution in [3.8, 4) is 0 Å². The van der Waals surface area contributed by atoms with Gasteiger partial charge in [0.25, 0.3) is 0 Å². The topological polar surface area (TPSA) is 43.1 Å². The molecular weight excluding hydrogens is 162 g/mol. The second-order valence-electron chi connectivity index (χ2n) is 4.43. The normalized spacial score (nSPS) is 19.9. The van der Waals surface area contributed by atoms with Crippen LogP contribution in [0, 0.1) is 0 Å². The predicted molar refractivity (Wildman–Crippen MR) is 54.4 cm³/mol. The molecule has 1 aliphatic rings. The lowest BCUT2D eigenvalue weighted by Crippen LogP contribution is -2.38. The summed E-state index contributed by atoms with van der Waals surface area (Å²) >= 11 is 0. The number of rotatable bonds is 3. The van der Waals surface area contributed by atoms with E-state index < -0.39 is 0 Å². The van der Waals surface area contributed by atoms with E-state index in [0.717, 1.165) is 18.4 Å². The first-order valence-electron chi connectivity index (χ1n) is 4.98. The van der Waals surface area contributed by atoms with Crippen molar-refractivity contribution in [2.24, 2.45) is 5.73 Å². The first-order valence-corrected chi connectivity index (χ1v) is 4.98. The van der Waals surface area contributed by atoms with Gasteiger partial charge in [-0.3, -0.25) is 4.79 Å². The van der Waals surface area contributed by atoms with Gasteiger partial charge in [-0.1, -0.05) is 18.4 Å². The number of nitrogens with two attached hydrogens (primary N) is 1. The maximum absolute atomic E-state index is 11.5. The van der Waals surface area contributed by atoms with Crippen LogP contribution in [0.3, 0.4) is 0 Å². The van der Waals surface area contributed by atoms with Gasteiger partial charge in [0.05, 0.1) is 0 Å². The molecule has 74 valence electrons. The van der Waals surface area contributed by atoms with Crippen molar-refractivity contribution in [3.63, 3.8) is 0 Å². The number of hydrogen-bond donors (Lipinski definition) is 1. The third-order valence-corrected chi connectivity index (χ3v) is 2.58. The van der Waals surface area contributed by atoms with Gasteiger partial charge in [0.2, 0.25) is 0 Å². The van der Waals surface area contributed by atoms with Gasteiger partial charge in [0.1, 0.15) is 0 Å². The van der Waals surface area contributed by atoms with Gasteiger partial charge >= 0.3 is 0 Å². The zero-order chi connectivity index (χ0) is 9.90. The van der Waals surface area contributed by atoms with Gasteiger partial charge in [0, 0.05) is 12.0 Å². The van der Waals surface area contributed by atoms with E-state index in [9.17, 15) is 4.79 Å². The molecule has 0 spiro atoms. The third kappa shape index (κ3) is 3.31. The fourth-order valence-corrected chi connectivity index (χ4v) is 1.98. The van der Waals surface area contributed by atoms with Crippen LogP contribution in [0.4, 0.5) is 0 Å². The molecule has 1 aliphatic carbocycles. The minimum Gasteiger partial charge on any atom is -0.325 e. The highest BCUT2D eigenvalue weighted by atomic mass is 16.1. The SMILES string of the molecule is CC(C)=CC(=O)CC1(N)CCCC1. The predicted octanol–water partition coefficient (Wildman–Crippen LogP) is 2.18. The lowest BCUT2D eigenvalue weighted by atomic mass is 9.92. The highest BCUT2D eigenvalue weighted by Gasteiger charge is 2.30. The fraction of sp³-hybridized carbons (Fsp3) is 0.727. The maximum atomic E-state index is 11.5. The minimum atomic E-state index is -0.191. The molecular formula is C11H19NO. The summed E-state index contributed by atoms with van der Waals surface area (Å²) in [4.78, 5) is 11.5. The summed E-state index contributed by atoms with van der Waals surface area (Å²) in [5.74, 6) is 0.185. The van der Waals surface area contributed by atoms with E-state index in [1.165, 1.54) is 12.8 Å². The summed E-state index contributed by atoms with van der Waals surface area (Å²) in [7, 11) is 0. The number of ketones is 1. The Morgan fingerprint density at radius 3 is 2.38 bits per heavy atom. The summed E-state index contributed by atoms with van der Waals surface area (Å²) in [5, 5.41) is 0. The van der Waals surface area contributed by atoms with Crippen LogP contribution in [0.2, 0.25) is 0 Å². The van der Waals surface area contributed by atoms with Gasteiger partial charge in [-0.25, -0.2) is 0 Å². The molecule has 0 unspecified atom stereocenters. The Morgan fingerprint density at radius 2 is 1.92 bits per heavy atom. The maximum Gasteiger partial charge on any atom is 0.157 e. The standard InChI is InChI=1S/C11H19NO/c1-9(2)7-10(13)8-11(12)5-3-4-6-11/h7H,3-6,8,12H2,1-2H3. The summed E-state index contributed by atoms with van der Waals surface area (Å²) < 4.78 is 0. The first-order chi connectivity index (χ1) is 6.02. The van der Waals surface area contributed by atoms with Crippen LogP contribution in [0.25, 0.3) is 0 Å². The Labute approximate surface area is 80.2 Å². The average molecular weight is 181 g/mol. The van der Waals surface area contributed by atoms with Crippen molar-refractivity contribution >= 4 is 5.78 Å². The van der Waals surface area contributed by atoms with Crippen LogP contribution >= 0.6 is 0 Å². The van der Waals surface area contributed by atoms with Crippen LogP contribution in [0.5, 0.6) is 0 Å². The van der Waals surface area contributed by atoms with Crippen molar-refractivity contribution in [1.29, 1.82) is 0 Å². The second kappa shape index (κ2) is 4.05. The molecule has 2 N–H and O–H groups in total. The fourth-order valence-electron chi connectivity index (χ4n) is 1.98. The van der Waals surface area contributed by atoms with Gasteiger partial charge in [-0.15, -0.1) is 0 Å². The molecule has 0 aromatic carbocycles. The summed E-state index contributed by atoms with van der Waals surface area (Å²) in [6.45, 7) is 3.88.